The summed E-state index contributed by atoms with van der Waals surface area (Å²) in [5, 5.41) is 14.6. The molecule has 13 nitrogen and oxygen atoms in total. The van der Waals surface area contributed by atoms with Crippen molar-refractivity contribution in [1.29, 1.82) is 0 Å². The SMILES string of the molecule is O=C(NC1CCCCCC1)c1cnn2ccc(-c3c[nH]c4nc(C5CC5CN5CCN(C(=O)c6cnn7c6C=C(c6c[nH]c8nc(C9CC9)ccc68)C=CC7)CC5)ccc34)cc12. The summed E-state index contributed by atoms with van der Waals surface area (Å²) < 4.78 is 3.71. The van der Waals surface area contributed by atoms with E-state index in [4.69, 9.17) is 9.97 Å². The van der Waals surface area contributed by atoms with Crippen molar-refractivity contribution in [3.8, 4) is 11.1 Å². The second-order valence-electron chi connectivity index (χ2n) is 18.2. The van der Waals surface area contributed by atoms with Crippen LogP contribution in [0.4, 0.5) is 0 Å². The lowest BCUT2D eigenvalue weighted by Gasteiger charge is -2.34. The molecule has 3 N–H and O–H groups in total. The number of hydrogen-bond donors (Lipinski definition) is 3. The molecule has 13 heteroatoms. The van der Waals surface area contributed by atoms with Crippen molar-refractivity contribution in [2.75, 3.05) is 32.7 Å². The van der Waals surface area contributed by atoms with E-state index < -0.39 is 0 Å². The van der Waals surface area contributed by atoms with Crippen molar-refractivity contribution in [3.63, 3.8) is 0 Å². The summed E-state index contributed by atoms with van der Waals surface area (Å²) in [7, 11) is 0. The van der Waals surface area contributed by atoms with Gasteiger partial charge >= 0.3 is 0 Å². The fourth-order valence-corrected chi connectivity index (χ4v) is 10.3. The Kier molecular flexibility index (Phi) is 9.19. The maximum Gasteiger partial charge on any atom is 0.257 e. The normalized spacial score (nSPS) is 21.0. The predicted octanol–water partition coefficient (Wildman–Crippen LogP) is 7.95. The lowest BCUT2D eigenvalue weighted by atomic mass is 10.0. The second-order valence-corrected chi connectivity index (χ2v) is 18.2. The molecule has 1 saturated heterocycles. The third-order valence-electron chi connectivity index (χ3n) is 14.1. The van der Waals surface area contributed by atoms with Crippen LogP contribution in [0.5, 0.6) is 0 Å². The van der Waals surface area contributed by atoms with E-state index in [0.717, 1.165) is 100 Å². The van der Waals surface area contributed by atoms with E-state index in [1.165, 1.54) is 44.2 Å². The highest BCUT2D eigenvalue weighted by Crippen LogP contribution is 2.48. The monoisotopic (exact) mass is 825 g/mol. The van der Waals surface area contributed by atoms with Gasteiger partial charge in [0.05, 0.1) is 41.3 Å². The maximum absolute atomic E-state index is 14.1. The first-order valence-electron chi connectivity index (χ1n) is 22.7. The highest BCUT2D eigenvalue weighted by Gasteiger charge is 2.41. The molecule has 9 heterocycles. The molecule has 4 fully saturated rings. The van der Waals surface area contributed by atoms with Crippen molar-refractivity contribution in [2.24, 2.45) is 5.92 Å². The van der Waals surface area contributed by atoms with Gasteiger partial charge in [-0.25, -0.2) is 14.5 Å². The lowest BCUT2D eigenvalue weighted by Crippen LogP contribution is -2.49. The van der Waals surface area contributed by atoms with Crippen molar-refractivity contribution >= 4 is 51.0 Å². The largest absolute Gasteiger partial charge is 0.349 e. The van der Waals surface area contributed by atoms with E-state index in [1.807, 2.05) is 28.2 Å². The first-order valence-corrected chi connectivity index (χ1v) is 22.7. The molecule has 0 spiro atoms. The molecule has 2 aliphatic heterocycles. The molecule has 62 heavy (non-hydrogen) atoms. The summed E-state index contributed by atoms with van der Waals surface area (Å²) >= 11 is 0. The van der Waals surface area contributed by atoms with Gasteiger partial charge in [0, 0.05) is 102 Å². The molecular formula is C49H51N11O2. The van der Waals surface area contributed by atoms with Crippen molar-refractivity contribution < 1.29 is 9.59 Å². The highest BCUT2D eigenvalue weighted by molar-refractivity contribution is 6.04. The van der Waals surface area contributed by atoms with Gasteiger partial charge in [0.15, 0.2) is 0 Å². The third-order valence-corrected chi connectivity index (χ3v) is 14.1. The van der Waals surface area contributed by atoms with Crippen LogP contribution in [0.15, 0.2) is 79.5 Å². The number of H-pyrrole nitrogens is 2. The smallest absolute Gasteiger partial charge is 0.257 e. The van der Waals surface area contributed by atoms with Gasteiger partial charge in [-0.1, -0.05) is 37.8 Å². The second kappa shape index (κ2) is 15.2. The molecule has 3 aliphatic carbocycles. The summed E-state index contributed by atoms with van der Waals surface area (Å²) in [5.41, 5.74) is 11.2. The van der Waals surface area contributed by atoms with Crippen LogP contribution in [0.2, 0.25) is 0 Å². The molecular weight excluding hydrogens is 775 g/mol. The van der Waals surface area contributed by atoms with Crippen LogP contribution in [-0.4, -0.2) is 99.7 Å². The number of carbonyl (C=O) groups is 2. The van der Waals surface area contributed by atoms with E-state index in [9.17, 15) is 9.59 Å². The van der Waals surface area contributed by atoms with Crippen molar-refractivity contribution in [3.05, 3.63) is 113 Å². The number of aromatic amines is 2. The number of fused-ring (bicyclic) bond motifs is 4. The number of aromatic nitrogens is 8. The topological polar surface area (TPSA) is 145 Å². The average Bonchev–Trinajstić information content (AvgIpc) is 4.15. The molecule has 7 aromatic rings. The van der Waals surface area contributed by atoms with Gasteiger partial charge in [0.25, 0.3) is 11.8 Å². The summed E-state index contributed by atoms with van der Waals surface area (Å²) in [6, 6.07) is 13.1. The molecule has 2 amide bonds. The number of amides is 2. The first kappa shape index (κ1) is 37.4. The number of allylic oxidation sites excluding steroid dienone is 3. The van der Waals surface area contributed by atoms with Crippen LogP contribution >= 0.6 is 0 Å². The molecule has 7 aromatic heterocycles. The van der Waals surface area contributed by atoms with E-state index in [2.05, 4.69) is 85.0 Å². The average molecular weight is 826 g/mol. The van der Waals surface area contributed by atoms with E-state index >= 15 is 0 Å². The molecule has 0 aromatic carbocycles. The number of carbonyl (C=O) groups excluding carboxylic acids is 2. The maximum atomic E-state index is 14.1. The van der Waals surface area contributed by atoms with Gasteiger partial charge in [-0.3, -0.25) is 19.2 Å². The molecule has 12 rings (SSSR count). The van der Waals surface area contributed by atoms with Gasteiger partial charge in [-0.15, -0.1) is 0 Å². The third kappa shape index (κ3) is 6.92. The number of rotatable bonds is 9. The van der Waals surface area contributed by atoms with Crippen LogP contribution in [0.1, 0.15) is 113 Å². The van der Waals surface area contributed by atoms with Crippen molar-refractivity contribution in [2.45, 2.75) is 82.2 Å². The summed E-state index contributed by atoms with van der Waals surface area (Å²) in [6.45, 7) is 4.71. The van der Waals surface area contributed by atoms with Crippen LogP contribution in [-0.2, 0) is 6.54 Å². The Morgan fingerprint density at radius 3 is 2.34 bits per heavy atom. The highest BCUT2D eigenvalue weighted by atomic mass is 16.2. The van der Waals surface area contributed by atoms with E-state index in [-0.39, 0.29) is 17.9 Å². The Bertz CT molecular complexity index is 2930. The van der Waals surface area contributed by atoms with Gasteiger partial charge in [0.1, 0.15) is 11.3 Å². The molecule has 5 aliphatic rings. The van der Waals surface area contributed by atoms with Gasteiger partial charge in [-0.05, 0) is 91.6 Å². The minimum atomic E-state index is -0.0428. The minimum Gasteiger partial charge on any atom is -0.349 e. The Morgan fingerprint density at radius 2 is 1.53 bits per heavy atom. The molecule has 2 unspecified atom stereocenters. The van der Waals surface area contributed by atoms with E-state index in [1.54, 1.807) is 16.9 Å². The van der Waals surface area contributed by atoms with Crippen LogP contribution < -0.4 is 5.32 Å². The Labute approximate surface area is 359 Å². The number of pyridine rings is 3. The van der Waals surface area contributed by atoms with Gasteiger partial charge in [0.2, 0.25) is 0 Å². The number of hydrogen-bond acceptors (Lipinski definition) is 7. The number of piperazine rings is 1. The number of nitrogens with zero attached hydrogens (tertiary/aromatic N) is 8. The summed E-state index contributed by atoms with van der Waals surface area (Å²) in [6.07, 6.45) is 26.3. The molecule has 0 radical (unpaired) electrons. The standard InChI is InChI=1S/C49H51N11O2/c61-48(54-34-7-3-1-2-4-8-34)40-27-52-60-17-15-32(24-44(40)60)39-26-51-47-36(39)12-14-43(56-47)37-22-33(37)29-57-18-20-58(21-19-57)49(62)41-28-53-59-16-5-6-31(23-45(41)59)38-25-50-46-35(38)11-13-42(55-46)30-9-10-30/h5-6,11-15,17,23-28,30,33-34,37H,1-4,7-10,16,18-22,29H2,(H,50,55)(H,51,56)(H,54,61). The van der Waals surface area contributed by atoms with Gasteiger partial charge < -0.3 is 20.2 Å². The predicted molar refractivity (Wildman–Crippen MR) is 240 cm³/mol. The first-order chi connectivity index (χ1) is 30.5. The van der Waals surface area contributed by atoms with Gasteiger partial charge in [-0.2, -0.15) is 10.2 Å². The van der Waals surface area contributed by atoms with Crippen LogP contribution in [0.25, 0.3) is 50.4 Å². The zero-order chi connectivity index (χ0) is 41.3. The summed E-state index contributed by atoms with van der Waals surface area (Å²) in [5.74, 6) is 1.58. The number of nitrogens with one attached hydrogen (secondary N) is 3. The molecule has 0 bridgehead atoms. The molecule has 2 atom stereocenters. The van der Waals surface area contributed by atoms with E-state index in [0.29, 0.717) is 48.5 Å². The Hall–Kier alpha value is -6.34. The van der Waals surface area contributed by atoms with Crippen molar-refractivity contribution in [1.82, 2.24) is 54.4 Å². The fraction of sp³-hybridized carbons (Fsp3) is 0.388. The lowest BCUT2D eigenvalue weighted by molar-refractivity contribution is 0.0630. The fourth-order valence-electron chi connectivity index (χ4n) is 10.3. The Morgan fingerprint density at radius 1 is 0.790 bits per heavy atom. The Balaban J connectivity index is 0.683. The molecule has 3 saturated carbocycles. The zero-order valence-corrected chi connectivity index (χ0v) is 34.9. The zero-order valence-electron chi connectivity index (χ0n) is 34.9. The quantitative estimate of drug-likeness (QED) is 0.125. The van der Waals surface area contributed by atoms with Crippen LogP contribution in [0, 0.1) is 5.92 Å². The summed E-state index contributed by atoms with van der Waals surface area (Å²) in [4.78, 5) is 48.8. The van der Waals surface area contributed by atoms with Crippen LogP contribution in [0.3, 0.4) is 0 Å². The minimum absolute atomic E-state index is 0.0428. The molecule has 314 valence electrons.